The van der Waals surface area contributed by atoms with Crippen LogP contribution in [0.4, 0.5) is 0 Å². The molecule has 0 aliphatic carbocycles. The molecule has 0 bridgehead atoms. The zero-order chi connectivity index (χ0) is 17.6. The maximum atomic E-state index is 11.3. The average Bonchev–Trinajstić information content (AvgIpc) is 3.20. The lowest BCUT2D eigenvalue weighted by molar-refractivity contribution is -0.144. The number of nitrogens with one attached hydrogen (secondary N) is 2. The number of rotatable bonds is 4. The van der Waals surface area contributed by atoms with E-state index in [9.17, 15) is 14.7 Å². The Morgan fingerprint density at radius 3 is 2.04 bits per heavy atom. The Labute approximate surface area is 142 Å². The van der Waals surface area contributed by atoms with Gasteiger partial charge in [-0.1, -0.05) is 30.3 Å². The smallest absolute Gasteiger partial charge is 0.324 e. The molecule has 0 amide bonds. The van der Waals surface area contributed by atoms with Gasteiger partial charge in [-0.05, 0) is 51.3 Å². The summed E-state index contributed by atoms with van der Waals surface area (Å²) in [5, 5.41) is 23.9. The van der Waals surface area contributed by atoms with Crippen molar-refractivity contribution in [2.75, 3.05) is 13.1 Å². The maximum Gasteiger partial charge on any atom is 0.324 e. The van der Waals surface area contributed by atoms with Crippen LogP contribution in [0.2, 0.25) is 0 Å². The molecule has 2 aliphatic heterocycles. The number of aliphatic carboxylic acids is 2. The van der Waals surface area contributed by atoms with Gasteiger partial charge in [0.15, 0.2) is 0 Å². The highest BCUT2D eigenvalue weighted by atomic mass is 16.4. The van der Waals surface area contributed by atoms with Crippen LogP contribution in [-0.2, 0) is 16.0 Å². The fourth-order valence-corrected chi connectivity index (χ4v) is 3.24. The minimum atomic E-state index is -0.736. The molecule has 1 aromatic carbocycles. The normalized spacial score (nSPS) is 28.9. The van der Waals surface area contributed by atoms with E-state index in [1.165, 1.54) is 0 Å². The number of carbonyl (C=O) groups is 2. The molecule has 2 heterocycles. The third kappa shape index (κ3) is 4.33. The van der Waals surface area contributed by atoms with Crippen molar-refractivity contribution in [3.05, 3.63) is 35.9 Å². The average molecular weight is 334 g/mol. The van der Waals surface area contributed by atoms with Crippen molar-refractivity contribution in [1.82, 2.24) is 10.6 Å². The van der Waals surface area contributed by atoms with Crippen LogP contribution in [0.5, 0.6) is 0 Å². The summed E-state index contributed by atoms with van der Waals surface area (Å²) in [4.78, 5) is 21.7. The minimum Gasteiger partial charge on any atom is -0.480 e. The highest BCUT2D eigenvalue weighted by molar-refractivity contribution is 5.79. The van der Waals surface area contributed by atoms with E-state index in [4.69, 9.17) is 5.11 Å². The molecule has 6 heteroatoms. The van der Waals surface area contributed by atoms with Gasteiger partial charge in [0.1, 0.15) is 11.1 Å². The first-order chi connectivity index (χ1) is 11.4. The molecule has 132 valence electrons. The van der Waals surface area contributed by atoms with E-state index in [0.29, 0.717) is 6.42 Å². The Balaban J connectivity index is 0.000000198. The fourth-order valence-electron chi connectivity index (χ4n) is 3.24. The molecule has 2 unspecified atom stereocenters. The number of carboxylic acid groups (broad SMARTS) is 2. The van der Waals surface area contributed by atoms with E-state index in [1.54, 1.807) is 6.92 Å². The fraction of sp³-hybridized carbons (Fsp3) is 0.556. The standard InChI is InChI=1S/C12H15NO2.C6H11NO2/c14-11(15)12(7-4-8-13-12)9-10-5-2-1-3-6-10;1-6(5(8)9)3-2-4-7-6/h1-3,5-6,13H,4,7-9H2,(H,14,15);7H,2-4H2,1H3,(H,8,9). The van der Waals surface area contributed by atoms with Gasteiger partial charge in [-0.25, -0.2) is 0 Å². The second-order valence-corrected chi connectivity index (χ2v) is 6.75. The van der Waals surface area contributed by atoms with Gasteiger partial charge in [-0.3, -0.25) is 9.59 Å². The second-order valence-electron chi connectivity index (χ2n) is 6.75. The Bertz CT molecular complexity index is 562. The largest absolute Gasteiger partial charge is 0.480 e. The van der Waals surface area contributed by atoms with Gasteiger partial charge in [0.25, 0.3) is 0 Å². The van der Waals surface area contributed by atoms with E-state index in [-0.39, 0.29) is 0 Å². The van der Waals surface area contributed by atoms with Gasteiger partial charge in [0, 0.05) is 6.42 Å². The molecule has 2 saturated heterocycles. The van der Waals surface area contributed by atoms with Crippen LogP contribution >= 0.6 is 0 Å². The van der Waals surface area contributed by atoms with Crippen molar-refractivity contribution in [3.8, 4) is 0 Å². The molecule has 6 nitrogen and oxygen atoms in total. The molecule has 2 aliphatic rings. The molecule has 24 heavy (non-hydrogen) atoms. The lowest BCUT2D eigenvalue weighted by Crippen LogP contribution is -2.49. The summed E-state index contributed by atoms with van der Waals surface area (Å²) < 4.78 is 0. The summed E-state index contributed by atoms with van der Waals surface area (Å²) in [7, 11) is 0. The van der Waals surface area contributed by atoms with Gasteiger partial charge in [0.2, 0.25) is 0 Å². The predicted octanol–water partition coefficient (Wildman–Crippen LogP) is 1.65. The van der Waals surface area contributed by atoms with Crippen molar-refractivity contribution >= 4 is 11.9 Å². The summed E-state index contributed by atoms with van der Waals surface area (Å²) >= 11 is 0. The number of carboxylic acids is 2. The molecular weight excluding hydrogens is 308 g/mol. The summed E-state index contributed by atoms with van der Waals surface area (Å²) in [6.45, 7) is 3.37. The monoisotopic (exact) mass is 334 g/mol. The van der Waals surface area contributed by atoms with Crippen LogP contribution < -0.4 is 10.6 Å². The number of benzene rings is 1. The maximum absolute atomic E-state index is 11.3. The van der Waals surface area contributed by atoms with Crippen molar-refractivity contribution in [1.29, 1.82) is 0 Å². The van der Waals surface area contributed by atoms with E-state index in [2.05, 4.69) is 10.6 Å². The van der Waals surface area contributed by atoms with Crippen LogP contribution in [0.1, 0.15) is 38.2 Å². The van der Waals surface area contributed by atoms with Crippen molar-refractivity contribution < 1.29 is 19.8 Å². The zero-order valence-corrected chi connectivity index (χ0v) is 14.0. The first-order valence-corrected chi connectivity index (χ1v) is 8.39. The Hall–Kier alpha value is -1.92. The van der Waals surface area contributed by atoms with E-state index in [1.807, 2.05) is 30.3 Å². The molecule has 2 fully saturated rings. The molecule has 0 spiro atoms. The topological polar surface area (TPSA) is 98.7 Å². The summed E-state index contributed by atoms with van der Waals surface area (Å²) in [6.07, 6.45) is 3.96. The molecule has 0 saturated carbocycles. The van der Waals surface area contributed by atoms with Crippen LogP contribution in [-0.4, -0.2) is 46.3 Å². The Morgan fingerprint density at radius 1 is 1.00 bits per heavy atom. The van der Waals surface area contributed by atoms with Crippen LogP contribution in [0, 0.1) is 0 Å². The highest BCUT2D eigenvalue weighted by Crippen LogP contribution is 2.24. The van der Waals surface area contributed by atoms with Gasteiger partial charge >= 0.3 is 11.9 Å². The van der Waals surface area contributed by atoms with Crippen LogP contribution in [0.3, 0.4) is 0 Å². The van der Waals surface area contributed by atoms with Gasteiger partial charge in [-0.15, -0.1) is 0 Å². The first kappa shape index (κ1) is 18.4. The predicted molar refractivity (Wildman–Crippen MR) is 91.0 cm³/mol. The Morgan fingerprint density at radius 2 is 1.62 bits per heavy atom. The number of hydrogen-bond donors (Lipinski definition) is 4. The number of hydrogen-bond acceptors (Lipinski definition) is 4. The quantitative estimate of drug-likeness (QED) is 0.668. The van der Waals surface area contributed by atoms with E-state index in [0.717, 1.165) is 44.3 Å². The van der Waals surface area contributed by atoms with Crippen molar-refractivity contribution in [2.45, 2.75) is 50.1 Å². The SMILES string of the molecule is CC1(C(=O)O)CCCN1.O=C(O)C1(Cc2ccccc2)CCCN1. The van der Waals surface area contributed by atoms with Gasteiger partial charge in [0.05, 0.1) is 0 Å². The van der Waals surface area contributed by atoms with E-state index < -0.39 is 23.0 Å². The molecule has 0 radical (unpaired) electrons. The minimum absolute atomic E-state index is 0.573. The Kier molecular flexibility index (Phi) is 5.96. The first-order valence-electron chi connectivity index (χ1n) is 8.39. The molecule has 1 aromatic rings. The zero-order valence-electron chi connectivity index (χ0n) is 14.0. The third-order valence-corrected chi connectivity index (χ3v) is 4.84. The lowest BCUT2D eigenvalue weighted by atomic mass is 9.89. The molecule has 0 aromatic heterocycles. The van der Waals surface area contributed by atoms with Gasteiger partial charge < -0.3 is 20.8 Å². The summed E-state index contributed by atoms with van der Waals surface area (Å²) in [5.74, 6) is -1.47. The molecule has 3 rings (SSSR count). The lowest BCUT2D eigenvalue weighted by Gasteiger charge is -2.24. The van der Waals surface area contributed by atoms with Gasteiger partial charge in [-0.2, -0.15) is 0 Å². The van der Waals surface area contributed by atoms with E-state index >= 15 is 0 Å². The molecule has 4 N–H and O–H groups in total. The van der Waals surface area contributed by atoms with Crippen LogP contribution in [0.15, 0.2) is 30.3 Å². The van der Waals surface area contributed by atoms with Crippen LogP contribution in [0.25, 0.3) is 0 Å². The third-order valence-electron chi connectivity index (χ3n) is 4.84. The summed E-state index contributed by atoms with van der Waals surface area (Å²) in [5.41, 5.74) is -0.296. The highest BCUT2D eigenvalue weighted by Gasteiger charge is 2.40. The van der Waals surface area contributed by atoms with Crippen molar-refractivity contribution in [3.63, 3.8) is 0 Å². The molecular formula is C18H26N2O4. The van der Waals surface area contributed by atoms with Crippen molar-refractivity contribution in [2.24, 2.45) is 0 Å². The second kappa shape index (κ2) is 7.77. The molecule has 2 atom stereocenters. The summed E-state index contributed by atoms with van der Waals surface area (Å²) in [6, 6.07) is 9.79.